The number of aromatic nitrogens is 2. The molecule has 0 bridgehead atoms. The number of terminal acetylenes is 1. The van der Waals surface area contributed by atoms with Gasteiger partial charge in [-0.25, -0.2) is 14.8 Å². The Labute approximate surface area is 147 Å². The molecule has 1 saturated carbocycles. The van der Waals surface area contributed by atoms with Crippen molar-refractivity contribution in [2.75, 3.05) is 11.9 Å². The molecule has 5 nitrogen and oxygen atoms in total. The molecule has 1 heterocycles. The van der Waals surface area contributed by atoms with Gasteiger partial charge in [0.2, 0.25) is 0 Å². The Morgan fingerprint density at radius 3 is 2.80 bits per heavy atom. The Morgan fingerprint density at radius 1 is 1.28 bits per heavy atom. The Bertz CT molecular complexity index is 783. The lowest BCUT2D eigenvalue weighted by Crippen LogP contribution is -2.22. The first-order chi connectivity index (χ1) is 12.2. The molecule has 2 N–H and O–H groups in total. The van der Waals surface area contributed by atoms with E-state index in [2.05, 4.69) is 45.5 Å². The van der Waals surface area contributed by atoms with E-state index in [1.54, 1.807) is 0 Å². The van der Waals surface area contributed by atoms with Crippen LogP contribution < -0.4 is 5.32 Å². The highest BCUT2D eigenvalue weighted by atomic mass is 16.4. The first kappa shape index (κ1) is 17.0. The van der Waals surface area contributed by atoms with Gasteiger partial charge >= 0.3 is 5.97 Å². The number of nitrogens with zero attached hydrogens (tertiary/aromatic N) is 2. The molecule has 0 amide bonds. The van der Waals surface area contributed by atoms with Crippen LogP contribution in [0.5, 0.6) is 0 Å². The predicted molar refractivity (Wildman–Crippen MR) is 96.6 cm³/mol. The summed E-state index contributed by atoms with van der Waals surface area (Å²) in [7, 11) is 0. The van der Waals surface area contributed by atoms with E-state index in [0.717, 1.165) is 19.4 Å². The Balaban J connectivity index is 1.67. The molecule has 0 saturated heterocycles. The highest BCUT2D eigenvalue weighted by molar-refractivity contribution is 5.90. The van der Waals surface area contributed by atoms with E-state index in [1.165, 1.54) is 24.7 Å². The van der Waals surface area contributed by atoms with Crippen molar-refractivity contribution < 1.29 is 9.90 Å². The number of hydrogen-bond acceptors (Lipinski definition) is 4. The van der Waals surface area contributed by atoms with E-state index in [0.29, 0.717) is 17.7 Å². The topological polar surface area (TPSA) is 75.1 Å². The zero-order chi connectivity index (χ0) is 17.6. The van der Waals surface area contributed by atoms with Crippen molar-refractivity contribution in [3.8, 4) is 12.3 Å². The molecule has 1 aromatic heterocycles. The van der Waals surface area contributed by atoms with Gasteiger partial charge in [-0.3, -0.25) is 0 Å². The molecule has 25 heavy (non-hydrogen) atoms. The number of rotatable bonds is 5. The van der Waals surface area contributed by atoms with Crippen LogP contribution in [-0.4, -0.2) is 27.6 Å². The standard InChI is InChI=1S/C20H21N3O2/c1-2-17-18(20(24)25)22-13-23-19(17)21-12-14-7-6-10-16(11-14)15-8-4-3-5-9-15/h1,3-5,8-9,13-14,16H,6-7,10-12H2,(H,24,25)(H,21,22,23)/t14-,16+/m0/s1. The predicted octanol–water partition coefficient (Wildman–Crippen LogP) is 3.54. The third kappa shape index (κ3) is 3.97. The maximum atomic E-state index is 11.2. The number of carboxylic acid groups (broad SMARTS) is 1. The first-order valence-corrected chi connectivity index (χ1v) is 8.52. The van der Waals surface area contributed by atoms with Crippen LogP contribution in [0.1, 0.15) is 53.2 Å². The van der Waals surface area contributed by atoms with E-state index < -0.39 is 5.97 Å². The van der Waals surface area contributed by atoms with E-state index in [-0.39, 0.29) is 11.3 Å². The normalized spacial score (nSPS) is 19.8. The van der Waals surface area contributed by atoms with E-state index in [1.807, 2.05) is 6.07 Å². The fourth-order valence-corrected chi connectivity index (χ4v) is 3.56. The zero-order valence-corrected chi connectivity index (χ0v) is 14.0. The van der Waals surface area contributed by atoms with Gasteiger partial charge in [0.25, 0.3) is 0 Å². The summed E-state index contributed by atoms with van der Waals surface area (Å²) >= 11 is 0. The lowest BCUT2D eigenvalue weighted by Gasteiger charge is -2.29. The summed E-state index contributed by atoms with van der Waals surface area (Å²) in [6.45, 7) is 0.730. The number of carbonyl (C=O) groups is 1. The monoisotopic (exact) mass is 335 g/mol. The minimum absolute atomic E-state index is 0.134. The minimum atomic E-state index is -1.14. The summed E-state index contributed by atoms with van der Waals surface area (Å²) in [5, 5.41) is 12.4. The second kappa shape index (κ2) is 7.80. The van der Waals surface area contributed by atoms with Crippen LogP contribution in [0.2, 0.25) is 0 Å². The molecule has 1 aliphatic rings. The maximum absolute atomic E-state index is 11.2. The fourth-order valence-electron chi connectivity index (χ4n) is 3.56. The number of benzene rings is 1. The maximum Gasteiger partial charge on any atom is 0.356 e. The summed E-state index contributed by atoms with van der Waals surface area (Å²) in [5.41, 5.74) is 1.47. The first-order valence-electron chi connectivity index (χ1n) is 8.52. The van der Waals surface area contributed by atoms with Gasteiger partial charge < -0.3 is 10.4 Å². The third-order valence-corrected chi connectivity index (χ3v) is 4.81. The molecule has 1 aliphatic carbocycles. The Morgan fingerprint density at radius 2 is 2.08 bits per heavy atom. The molecule has 1 fully saturated rings. The van der Waals surface area contributed by atoms with Crippen molar-refractivity contribution in [1.82, 2.24) is 9.97 Å². The second-order valence-corrected chi connectivity index (χ2v) is 6.42. The van der Waals surface area contributed by atoms with Crippen LogP contribution in [-0.2, 0) is 0 Å². The molecule has 3 rings (SSSR count). The molecular weight excluding hydrogens is 314 g/mol. The Hall–Kier alpha value is -2.87. The lowest BCUT2D eigenvalue weighted by atomic mass is 9.78. The van der Waals surface area contributed by atoms with E-state index in [9.17, 15) is 9.90 Å². The SMILES string of the molecule is C#Cc1c(NC[C@H]2CCC[C@@H](c3ccccc3)C2)ncnc1C(=O)O. The third-order valence-electron chi connectivity index (χ3n) is 4.81. The number of hydrogen-bond donors (Lipinski definition) is 2. The van der Waals surface area contributed by atoms with Gasteiger partial charge in [-0.15, -0.1) is 6.42 Å². The van der Waals surface area contributed by atoms with E-state index in [4.69, 9.17) is 6.42 Å². The van der Waals surface area contributed by atoms with Crippen molar-refractivity contribution in [2.45, 2.75) is 31.6 Å². The molecule has 0 aliphatic heterocycles. The van der Waals surface area contributed by atoms with Gasteiger partial charge in [-0.05, 0) is 36.7 Å². The average molecular weight is 335 g/mol. The largest absolute Gasteiger partial charge is 0.476 e. The molecule has 1 aromatic carbocycles. The quantitative estimate of drug-likeness (QED) is 0.818. The van der Waals surface area contributed by atoms with E-state index >= 15 is 0 Å². The van der Waals surface area contributed by atoms with Gasteiger partial charge in [0.15, 0.2) is 5.69 Å². The number of nitrogens with one attached hydrogen (secondary N) is 1. The highest BCUT2D eigenvalue weighted by Crippen LogP contribution is 2.36. The van der Waals surface area contributed by atoms with Crippen molar-refractivity contribution in [2.24, 2.45) is 5.92 Å². The van der Waals surface area contributed by atoms with Crippen LogP contribution in [0.15, 0.2) is 36.7 Å². The van der Waals surface area contributed by atoms with Crippen molar-refractivity contribution >= 4 is 11.8 Å². The smallest absolute Gasteiger partial charge is 0.356 e. The van der Waals surface area contributed by atoms with Gasteiger partial charge in [-0.1, -0.05) is 42.7 Å². The highest BCUT2D eigenvalue weighted by Gasteiger charge is 2.24. The van der Waals surface area contributed by atoms with Crippen LogP contribution in [0.3, 0.4) is 0 Å². The molecule has 0 spiro atoms. The second-order valence-electron chi connectivity index (χ2n) is 6.42. The molecule has 5 heteroatoms. The van der Waals surface area contributed by atoms with Gasteiger partial charge in [0.05, 0.1) is 5.56 Å². The van der Waals surface area contributed by atoms with Crippen molar-refractivity contribution in [1.29, 1.82) is 0 Å². The summed E-state index contributed by atoms with van der Waals surface area (Å²) in [6, 6.07) is 10.6. The lowest BCUT2D eigenvalue weighted by molar-refractivity contribution is 0.0690. The van der Waals surface area contributed by atoms with Crippen LogP contribution in [0, 0.1) is 18.3 Å². The molecule has 0 radical (unpaired) electrons. The van der Waals surface area contributed by atoms with Crippen LogP contribution in [0.4, 0.5) is 5.82 Å². The van der Waals surface area contributed by atoms with Gasteiger partial charge in [0.1, 0.15) is 12.1 Å². The fraction of sp³-hybridized carbons (Fsp3) is 0.350. The summed E-state index contributed by atoms with van der Waals surface area (Å²) in [4.78, 5) is 19.1. The molecule has 128 valence electrons. The summed E-state index contributed by atoms with van der Waals surface area (Å²) in [6.07, 6.45) is 11.4. The molecule has 2 aromatic rings. The molecule has 2 atom stereocenters. The minimum Gasteiger partial charge on any atom is -0.476 e. The number of carboxylic acids is 1. The zero-order valence-electron chi connectivity index (χ0n) is 14.0. The van der Waals surface area contributed by atoms with Crippen LogP contribution in [0.25, 0.3) is 0 Å². The summed E-state index contributed by atoms with van der Waals surface area (Å²) in [5.74, 6) is 2.77. The average Bonchev–Trinajstić information content (AvgIpc) is 2.66. The van der Waals surface area contributed by atoms with Gasteiger partial charge in [0, 0.05) is 6.54 Å². The van der Waals surface area contributed by atoms with Crippen LogP contribution >= 0.6 is 0 Å². The van der Waals surface area contributed by atoms with Crippen molar-refractivity contribution in [3.05, 3.63) is 53.5 Å². The number of anilines is 1. The molecular formula is C20H21N3O2. The number of aromatic carboxylic acids is 1. The Kier molecular flexibility index (Phi) is 5.30. The molecule has 0 unspecified atom stereocenters. The van der Waals surface area contributed by atoms with Crippen molar-refractivity contribution in [3.63, 3.8) is 0 Å². The summed E-state index contributed by atoms with van der Waals surface area (Å²) < 4.78 is 0. The van der Waals surface area contributed by atoms with Gasteiger partial charge in [-0.2, -0.15) is 0 Å².